The minimum Gasteiger partial charge on any atom is -0.361 e. The first-order valence-corrected chi connectivity index (χ1v) is 9.06. The SMILES string of the molecule is CNC(CCC(=O)NP(P)P)C(=O)C=[N+]=[N-]. The second-order valence-electron chi connectivity index (χ2n) is 2.97. The van der Waals surface area contributed by atoms with E-state index in [1.165, 1.54) is 0 Å². The minimum atomic E-state index is -0.635. The van der Waals surface area contributed by atoms with Crippen LogP contribution in [0.3, 0.4) is 0 Å². The lowest BCUT2D eigenvalue weighted by molar-refractivity contribution is -0.120. The number of likely N-dealkylation sites (N-methyl/N-ethyl adjacent to an activating group) is 1. The Morgan fingerprint density at radius 2 is 2.19 bits per heavy atom. The Balaban J connectivity index is 4.10. The van der Waals surface area contributed by atoms with Gasteiger partial charge in [-0.05, 0) is 13.5 Å². The molecule has 3 unspecified atom stereocenters. The van der Waals surface area contributed by atoms with E-state index in [4.69, 9.17) is 5.53 Å². The summed E-state index contributed by atoms with van der Waals surface area (Å²) in [5.41, 5.74) is 8.22. The molecule has 1 amide bonds. The second kappa shape index (κ2) is 8.87. The standard InChI is InChI=1S/C7H15N4O2P3/c1-9-5(6(12)4-10-8)2-3-7(13)11-16(14)15/h4-5,9H,2-3,14-15H2,1H3,(H,11,13). The fraction of sp³-hybridized carbons (Fsp3) is 0.571. The van der Waals surface area contributed by atoms with Crippen LogP contribution in [-0.4, -0.2) is 35.8 Å². The number of amides is 1. The molecule has 0 aliphatic carbocycles. The van der Waals surface area contributed by atoms with Crippen LogP contribution in [0.2, 0.25) is 0 Å². The van der Waals surface area contributed by atoms with Crippen LogP contribution in [0, 0.1) is 0 Å². The minimum absolute atomic E-state index is 0.106. The molecule has 0 saturated heterocycles. The van der Waals surface area contributed by atoms with Gasteiger partial charge >= 0.3 is 6.21 Å². The van der Waals surface area contributed by atoms with Gasteiger partial charge in [-0.2, -0.15) is 4.79 Å². The number of hydrogen-bond acceptors (Lipinski definition) is 3. The van der Waals surface area contributed by atoms with Crippen molar-refractivity contribution in [2.75, 3.05) is 7.05 Å². The predicted molar refractivity (Wildman–Crippen MR) is 71.3 cm³/mol. The number of ketones is 1. The summed E-state index contributed by atoms with van der Waals surface area (Å²) in [7, 11) is 5.95. The average molecular weight is 280 g/mol. The first-order chi connectivity index (χ1) is 7.51. The molecule has 0 aromatic rings. The van der Waals surface area contributed by atoms with Gasteiger partial charge in [-0.1, -0.05) is 17.9 Å². The van der Waals surface area contributed by atoms with Gasteiger partial charge in [0, 0.05) is 13.9 Å². The maximum Gasteiger partial charge on any atom is 0.324 e. The Morgan fingerprint density at radius 1 is 1.56 bits per heavy atom. The van der Waals surface area contributed by atoms with Gasteiger partial charge in [0.05, 0.1) is 6.04 Å². The van der Waals surface area contributed by atoms with E-state index in [0.717, 1.165) is 6.21 Å². The van der Waals surface area contributed by atoms with E-state index < -0.39 is 13.5 Å². The van der Waals surface area contributed by atoms with Crippen molar-refractivity contribution in [1.29, 1.82) is 0 Å². The predicted octanol–water partition coefficient (Wildman–Crippen LogP) is 0.318. The molecule has 0 spiro atoms. The Labute approximate surface area is 99.9 Å². The van der Waals surface area contributed by atoms with Crippen molar-refractivity contribution >= 4 is 43.2 Å². The molecule has 0 aliphatic rings. The number of carbonyl (C=O) groups is 2. The zero-order valence-electron chi connectivity index (χ0n) is 8.88. The molecule has 3 atom stereocenters. The van der Waals surface area contributed by atoms with E-state index in [9.17, 15) is 9.59 Å². The zero-order chi connectivity index (χ0) is 12.6. The molecule has 90 valence electrons. The molecule has 16 heavy (non-hydrogen) atoms. The molecule has 0 fully saturated rings. The monoisotopic (exact) mass is 280 g/mol. The van der Waals surface area contributed by atoms with Gasteiger partial charge in [0.1, 0.15) is 0 Å². The van der Waals surface area contributed by atoms with E-state index in [0.29, 0.717) is 6.42 Å². The van der Waals surface area contributed by atoms with E-state index >= 15 is 0 Å². The molecular formula is C7H15N4O2P3. The maximum absolute atomic E-state index is 11.3. The third-order valence-corrected chi connectivity index (χ3v) is 3.07. The van der Waals surface area contributed by atoms with Crippen LogP contribution in [0.5, 0.6) is 0 Å². The average Bonchev–Trinajstić information content (AvgIpc) is 2.17. The highest BCUT2D eigenvalue weighted by Gasteiger charge is 2.18. The van der Waals surface area contributed by atoms with Crippen LogP contribution >= 0.6 is 25.3 Å². The van der Waals surface area contributed by atoms with Crippen LogP contribution in [0.25, 0.3) is 5.53 Å². The summed E-state index contributed by atoms with van der Waals surface area (Å²) in [6.45, 7) is 0. The lowest BCUT2D eigenvalue weighted by atomic mass is 10.1. The number of carbonyl (C=O) groups excluding carboxylic acids is 2. The molecule has 9 heteroatoms. The summed E-state index contributed by atoms with van der Waals surface area (Å²) in [6.07, 6.45) is 1.45. The molecule has 2 N–H and O–H groups in total. The van der Waals surface area contributed by atoms with Gasteiger partial charge in [-0.3, -0.25) is 9.59 Å². The number of rotatable bonds is 7. The van der Waals surface area contributed by atoms with E-state index in [1.807, 2.05) is 0 Å². The van der Waals surface area contributed by atoms with Crippen molar-refractivity contribution in [2.24, 2.45) is 0 Å². The van der Waals surface area contributed by atoms with Crippen LogP contribution in [0.15, 0.2) is 0 Å². The smallest absolute Gasteiger partial charge is 0.324 e. The molecule has 0 radical (unpaired) electrons. The van der Waals surface area contributed by atoms with Crippen LogP contribution < -0.4 is 10.4 Å². The highest BCUT2D eigenvalue weighted by atomic mass is 32.4. The Morgan fingerprint density at radius 3 is 2.62 bits per heavy atom. The molecule has 6 nitrogen and oxygen atoms in total. The first kappa shape index (κ1) is 15.8. The zero-order valence-corrected chi connectivity index (χ0v) is 12.1. The van der Waals surface area contributed by atoms with Gasteiger partial charge < -0.3 is 15.9 Å². The van der Waals surface area contributed by atoms with Crippen molar-refractivity contribution in [1.82, 2.24) is 10.4 Å². The molecule has 0 saturated carbocycles. The first-order valence-electron chi connectivity index (χ1n) is 4.48. The molecule has 0 bridgehead atoms. The Bertz CT molecular complexity index is 304. The fourth-order valence-corrected chi connectivity index (χ4v) is 2.31. The normalized spacial score (nSPS) is 11.8. The Hall–Kier alpha value is -0.230. The quantitative estimate of drug-likeness (QED) is 0.304. The number of nitrogens with zero attached hydrogens (tertiary/aromatic N) is 2. The van der Waals surface area contributed by atoms with Gasteiger partial charge in [0.2, 0.25) is 5.91 Å². The summed E-state index contributed by atoms with van der Waals surface area (Å²) in [5.74, 6) is -0.457. The lowest BCUT2D eigenvalue weighted by Crippen LogP contribution is -2.36. The second-order valence-corrected chi connectivity index (χ2v) is 9.13. The molecule has 0 aromatic heterocycles. The van der Waals surface area contributed by atoms with E-state index in [2.05, 4.69) is 33.1 Å². The highest BCUT2D eigenvalue weighted by Crippen LogP contribution is 2.48. The maximum atomic E-state index is 11.3. The number of nitrogens with one attached hydrogen (secondary N) is 2. The van der Waals surface area contributed by atoms with Gasteiger partial charge in [-0.25, -0.2) is 0 Å². The van der Waals surface area contributed by atoms with E-state index in [-0.39, 0.29) is 18.1 Å². The van der Waals surface area contributed by atoms with Crippen LogP contribution in [-0.2, 0) is 9.59 Å². The summed E-state index contributed by atoms with van der Waals surface area (Å²) in [4.78, 5) is 25.3. The molecular weight excluding hydrogens is 265 g/mol. The Kier molecular flexibility index (Phi) is 8.74. The van der Waals surface area contributed by atoms with Crippen molar-refractivity contribution < 1.29 is 14.4 Å². The topological polar surface area (TPSA) is 94.6 Å². The summed E-state index contributed by atoms with van der Waals surface area (Å²) in [5, 5.41) is 5.48. The molecule has 0 aromatic carbocycles. The largest absolute Gasteiger partial charge is 0.361 e. The fourth-order valence-electron chi connectivity index (χ4n) is 1.05. The van der Waals surface area contributed by atoms with Crippen LogP contribution in [0.4, 0.5) is 0 Å². The van der Waals surface area contributed by atoms with Crippen LogP contribution in [0.1, 0.15) is 12.8 Å². The van der Waals surface area contributed by atoms with Crippen molar-refractivity contribution in [3.05, 3.63) is 5.53 Å². The number of Topliss-reactive ketones (excluding diaryl/α,β-unsaturated/α-hetero) is 1. The summed E-state index contributed by atoms with van der Waals surface area (Å²) in [6, 6.07) is -0.498. The van der Waals surface area contributed by atoms with Gasteiger partial charge in [0.25, 0.3) is 5.78 Å². The third-order valence-electron chi connectivity index (χ3n) is 1.79. The van der Waals surface area contributed by atoms with Crippen molar-refractivity contribution in [3.8, 4) is 0 Å². The highest BCUT2D eigenvalue weighted by molar-refractivity contribution is 8.42. The number of hydrogen-bond donors (Lipinski definition) is 2. The molecule has 0 aliphatic heterocycles. The van der Waals surface area contributed by atoms with E-state index in [1.54, 1.807) is 7.05 Å². The summed E-state index contributed by atoms with van der Waals surface area (Å²) >= 11 is 0. The van der Waals surface area contributed by atoms with Gasteiger partial charge in [0.15, 0.2) is 0 Å². The third kappa shape index (κ3) is 7.11. The molecule has 0 rings (SSSR count). The molecule has 0 heterocycles. The van der Waals surface area contributed by atoms with Gasteiger partial charge in [-0.15, -0.1) is 0 Å². The lowest BCUT2D eigenvalue weighted by Gasteiger charge is -2.11. The van der Waals surface area contributed by atoms with Crippen molar-refractivity contribution in [3.63, 3.8) is 0 Å². The summed E-state index contributed by atoms with van der Waals surface area (Å²) < 4.78 is 0. The van der Waals surface area contributed by atoms with Crippen molar-refractivity contribution in [2.45, 2.75) is 18.9 Å².